The average Bonchev–Trinajstić information content (AvgIpc) is 3.45. The summed E-state index contributed by atoms with van der Waals surface area (Å²) in [5.74, 6) is 0.158. The van der Waals surface area contributed by atoms with Crippen LogP contribution >= 0.6 is 11.6 Å². The summed E-state index contributed by atoms with van der Waals surface area (Å²) in [5, 5.41) is 3.50. The highest BCUT2D eigenvalue weighted by atomic mass is 35.5. The van der Waals surface area contributed by atoms with E-state index in [4.69, 9.17) is 11.6 Å². The van der Waals surface area contributed by atoms with Crippen molar-refractivity contribution in [3.8, 4) is 0 Å². The van der Waals surface area contributed by atoms with Gasteiger partial charge >= 0.3 is 0 Å². The van der Waals surface area contributed by atoms with E-state index in [1.165, 1.54) is 19.3 Å². The lowest BCUT2D eigenvalue weighted by Crippen LogP contribution is -2.43. The lowest BCUT2D eigenvalue weighted by atomic mass is 9.93. The number of hydrogen-bond acceptors (Lipinski definition) is 2. The highest BCUT2D eigenvalue weighted by molar-refractivity contribution is 6.30. The molecule has 2 aliphatic rings. The molecule has 25 heavy (non-hydrogen) atoms. The number of amides is 2. The molecule has 0 heterocycles. The van der Waals surface area contributed by atoms with Gasteiger partial charge in [-0.15, -0.1) is 0 Å². The normalized spacial score (nSPS) is 18.0. The monoisotopic (exact) mass is 362 g/mol. The zero-order valence-corrected chi connectivity index (χ0v) is 15.4. The molecule has 1 aromatic carbocycles. The summed E-state index contributed by atoms with van der Waals surface area (Å²) >= 11 is 5.83. The summed E-state index contributed by atoms with van der Waals surface area (Å²) < 4.78 is 0. The fourth-order valence-electron chi connectivity index (χ4n) is 3.69. The van der Waals surface area contributed by atoms with Gasteiger partial charge in [0.05, 0.1) is 0 Å². The van der Waals surface area contributed by atoms with E-state index < -0.39 is 0 Å². The molecule has 0 atom stereocenters. The largest absolute Gasteiger partial charge is 0.352 e. The van der Waals surface area contributed by atoms with Crippen LogP contribution in [0.15, 0.2) is 24.3 Å². The summed E-state index contributed by atoms with van der Waals surface area (Å²) in [7, 11) is 0. The van der Waals surface area contributed by atoms with E-state index >= 15 is 0 Å². The molecule has 2 saturated carbocycles. The van der Waals surface area contributed by atoms with Crippen LogP contribution in [0.5, 0.6) is 0 Å². The molecule has 4 nitrogen and oxygen atoms in total. The van der Waals surface area contributed by atoms with Gasteiger partial charge < -0.3 is 10.2 Å². The van der Waals surface area contributed by atoms with Crippen molar-refractivity contribution in [3.63, 3.8) is 0 Å². The van der Waals surface area contributed by atoms with Crippen molar-refractivity contribution >= 4 is 23.4 Å². The summed E-state index contributed by atoms with van der Waals surface area (Å²) in [5.41, 5.74) is 0.595. The van der Waals surface area contributed by atoms with Gasteiger partial charge in [-0.1, -0.05) is 30.9 Å². The van der Waals surface area contributed by atoms with E-state index in [1.54, 1.807) is 24.3 Å². The molecule has 0 spiro atoms. The second-order valence-corrected chi connectivity index (χ2v) is 7.63. The minimum Gasteiger partial charge on any atom is -0.352 e. The van der Waals surface area contributed by atoms with E-state index in [9.17, 15) is 9.59 Å². The average molecular weight is 363 g/mol. The fraction of sp³-hybridized carbons (Fsp3) is 0.600. The Hall–Kier alpha value is -1.55. The van der Waals surface area contributed by atoms with Gasteiger partial charge in [0, 0.05) is 35.6 Å². The van der Waals surface area contributed by atoms with E-state index in [0.717, 1.165) is 25.7 Å². The number of nitrogens with one attached hydrogen (secondary N) is 1. The maximum Gasteiger partial charge on any atom is 0.251 e. The number of nitrogens with zero attached hydrogens (tertiary/aromatic N) is 1. The quantitative estimate of drug-likeness (QED) is 0.740. The number of carbonyl (C=O) groups is 2. The van der Waals surface area contributed by atoms with Gasteiger partial charge in [-0.05, 0) is 56.4 Å². The molecule has 2 amide bonds. The molecule has 0 radical (unpaired) electrons. The SMILES string of the molecule is O=C(NCCCC(=O)N(C1CCCCC1)C1CC1)c1ccc(Cl)cc1. The highest BCUT2D eigenvalue weighted by Crippen LogP contribution is 2.34. The second kappa shape index (κ2) is 8.70. The third-order valence-corrected chi connectivity index (χ3v) is 5.41. The summed E-state index contributed by atoms with van der Waals surface area (Å²) in [6, 6.07) is 7.77. The van der Waals surface area contributed by atoms with Crippen LogP contribution in [0.3, 0.4) is 0 Å². The molecule has 0 aromatic heterocycles. The molecular formula is C20H27ClN2O2. The molecule has 0 aliphatic heterocycles. The molecule has 3 rings (SSSR count). The van der Waals surface area contributed by atoms with E-state index in [2.05, 4.69) is 10.2 Å². The van der Waals surface area contributed by atoms with Crippen molar-refractivity contribution in [1.82, 2.24) is 10.2 Å². The topological polar surface area (TPSA) is 49.4 Å². The van der Waals surface area contributed by atoms with Gasteiger partial charge in [0.2, 0.25) is 5.91 Å². The second-order valence-electron chi connectivity index (χ2n) is 7.19. The predicted octanol–water partition coefficient (Wildman–Crippen LogP) is 4.17. The number of benzene rings is 1. The van der Waals surface area contributed by atoms with Crippen molar-refractivity contribution < 1.29 is 9.59 Å². The van der Waals surface area contributed by atoms with Crippen LogP contribution in [0.2, 0.25) is 5.02 Å². The molecule has 5 heteroatoms. The van der Waals surface area contributed by atoms with E-state index in [0.29, 0.717) is 42.1 Å². The van der Waals surface area contributed by atoms with Crippen molar-refractivity contribution in [2.45, 2.75) is 69.9 Å². The minimum atomic E-state index is -0.115. The molecule has 1 aromatic rings. The van der Waals surface area contributed by atoms with Gasteiger partial charge in [-0.3, -0.25) is 9.59 Å². The lowest BCUT2D eigenvalue weighted by Gasteiger charge is -2.34. The van der Waals surface area contributed by atoms with E-state index in [-0.39, 0.29) is 11.8 Å². The Morgan fingerprint density at radius 1 is 1.00 bits per heavy atom. The molecule has 0 bridgehead atoms. The Labute approximate surface area is 154 Å². The number of rotatable bonds is 7. The Bertz CT molecular complexity index is 592. The Balaban J connectivity index is 1.42. The van der Waals surface area contributed by atoms with Crippen LogP contribution in [0.25, 0.3) is 0 Å². The first-order valence-electron chi connectivity index (χ1n) is 9.50. The molecule has 1 N–H and O–H groups in total. The number of hydrogen-bond donors (Lipinski definition) is 1. The van der Waals surface area contributed by atoms with E-state index in [1.807, 2.05) is 0 Å². The Kier molecular flexibility index (Phi) is 6.35. The minimum absolute atomic E-state index is 0.115. The lowest BCUT2D eigenvalue weighted by molar-refractivity contribution is -0.135. The van der Waals surface area contributed by atoms with Crippen LogP contribution in [0, 0.1) is 0 Å². The first kappa shape index (κ1) is 18.2. The maximum atomic E-state index is 12.7. The third kappa shape index (κ3) is 5.21. The van der Waals surface area contributed by atoms with Gasteiger partial charge in [-0.25, -0.2) is 0 Å². The van der Waals surface area contributed by atoms with Crippen LogP contribution in [-0.2, 0) is 4.79 Å². The fourth-order valence-corrected chi connectivity index (χ4v) is 3.82. The van der Waals surface area contributed by atoms with Crippen molar-refractivity contribution in [1.29, 1.82) is 0 Å². The first-order chi connectivity index (χ1) is 12.1. The van der Waals surface area contributed by atoms with Crippen LogP contribution in [0.1, 0.15) is 68.1 Å². The standard InChI is InChI=1S/C20H27ClN2O2/c21-16-10-8-15(9-11-16)20(25)22-14-4-7-19(24)23(18-12-13-18)17-5-2-1-3-6-17/h8-11,17-18H,1-7,12-14H2,(H,22,25). The third-order valence-electron chi connectivity index (χ3n) is 5.16. The van der Waals surface area contributed by atoms with Crippen LogP contribution in [0.4, 0.5) is 0 Å². The molecule has 2 aliphatic carbocycles. The zero-order chi connectivity index (χ0) is 17.6. The smallest absolute Gasteiger partial charge is 0.251 e. The first-order valence-corrected chi connectivity index (χ1v) is 9.88. The van der Waals surface area contributed by atoms with Gasteiger partial charge in [0.1, 0.15) is 0 Å². The molecule has 0 unspecified atom stereocenters. The zero-order valence-electron chi connectivity index (χ0n) is 14.7. The number of carbonyl (C=O) groups excluding carboxylic acids is 2. The maximum absolute atomic E-state index is 12.7. The number of halogens is 1. The molecule has 0 saturated heterocycles. The van der Waals surface area contributed by atoms with Gasteiger partial charge in [0.15, 0.2) is 0 Å². The predicted molar refractivity (Wildman–Crippen MR) is 99.8 cm³/mol. The molecule has 2 fully saturated rings. The summed E-state index contributed by atoms with van der Waals surface area (Å²) in [6.45, 7) is 0.524. The van der Waals surface area contributed by atoms with Gasteiger partial charge in [0.25, 0.3) is 5.91 Å². The summed E-state index contributed by atoms with van der Waals surface area (Å²) in [6.07, 6.45) is 9.66. The Morgan fingerprint density at radius 3 is 2.28 bits per heavy atom. The van der Waals surface area contributed by atoms with Gasteiger partial charge in [-0.2, -0.15) is 0 Å². The van der Waals surface area contributed by atoms with Crippen LogP contribution in [-0.4, -0.2) is 35.3 Å². The van der Waals surface area contributed by atoms with Crippen LogP contribution < -0.4 is 5.32 Å². The van der Waals surface area contributed by atoms with Crippen molar-refractivity contribution in [2.24, 2.45) is 0 Å². The summed E-state index contributed by atoms with van der Waals surface area (Å²) in [4.78, 5) is 26.9. The molecule has 136 valence electrons. The van der Waals surface area contributed by atoms with Crippen molar-refractivity contribution in [2.75, 3.05) is 6.54 Å². The van der Waals surface area contributed by atoms with Crippen molar-refractivity contribution in [3.05, 3.63) is 34.9 Å². The Morgan fingerprint density at radius 2 is 1.64 bits per heavy atom. The molecular weight excluding hydrogens is 336 g/mol. The highest BCUT2D eigenvalue weighted by Gasteiger charge is 2.37.